The molecule has 1 atom stereocenters. The van der Waals surface area contributed by atoms with Crippen molar-refractivity contribution in [3.63, 3.8) is 0 Å². The Kier molecular flexibility index (Phi) is 4.85. The van der Waals surface area contributed by atoms with Gasteiger partial charge < -0.3 is 14.6 Å². The molecule has 112 valence electrons. The Morgan fingerprint density at radius 3 is 2.71 bits per heavy atom. The molecular formula is C14H18N4O2S. The maximum Gasteiger partial charge on any atom is 0.237 e. The van der Waals surface area contributed by atoms with E-state index in [0.717, 1.165) is 11.0 Å². The highest BCUT2D eigenvalue weighted by atomic mass is 32.2. The van der Waals surface area contributed by atoms with E-state index < -0.39 is 0 Å². The molecule has 0 aliphatic carbocycles. The molecule has 1 aromatic carbocycles. The molecule has 2 aromatic rings. The van der Waals surface area contributed by atoms with Gasteiger partial charge in [0, 0.05) is 7.05 Å². The van der Waals surface area contributed by atoms with Crippen LogP contribution in [-0.2, 0) is 11.8 Å². The number of amides is 1. The minimum absolute atomic E-state index is 0.106. The van der Waals surface area contributed by atoms with Crippen LogP contribution in [0.5, 0.6) is 5.75 Å². The molecule has 0 saturated heterocycles. The van der Waals surface area contributed by atoms with Gasteiger partial charge in [0.15, 0.2) is 5.16 Å². The number of hydrogen-bond acceptors (Lipinski definition) is 5. The highest BCUT2D eigenvalue weighted by molar-refractivity contribution is 8.00. The van der Waals surface area contributed by atoms with Crippen LogP contribution in [0.1, 0.15) is 12.7 Å². The summed E-state index contributed by atoms with van der Waals surface area (Å²) in [7, 11) is 3.45. The monoisotopic (exact) mass is 306 g/mol. The molecule has 0 spiro atoms. The molecular weight excluding hydrogens is 288 g/mol. The first-order valence-electron chi connectivity index (χ1n) is 6.49. The van der Waals surface area contributed by atoms with Gasteiger partial charge in [-0.15, -0.1) is 10.2 Å². The zero-order chi connectivity index (χ0) is 15.4. The van der Waals surface area contributed by atoms with E-state index in [4.69, 9.17) is 4.74 Å². The van der Waals surface area contributed by atoms with Gasteiger partial charge in [-0.3, -0.25) is 4.79 Å². The van der Waals surface area contributed by atoms with Gasteiger partial charge in [0.25, 0.3) is 0 Å². The Hall–Kier alpha value is -2.02. The van der Waals surface area contributed by atoms with Crippen molar-refractivity contribution in [2.75, 3.05) is 12.4 Å². The number of carbonyl (C=O) groups excluding carboxylic acids is 1. The van der Waals surface area contributed by atoms with Gasteiger partial charge in [-0.1, -0.05) is 23.9 Å². The van der Waals surface area contributed by atoms with Crippen LogP contribution in [0.2, 0.25) is 0 Å². The average Bonchev–Trinajstić information content (AvgIpc) is 2.79. The number of benzene rings is 1. The van der Waals surface area contributed by atoms with Crippen LogP contribution in [0.3, 0.4) is 0 Å². The van der Waals surface area contributed by atoms with Gasteiger partial charge in [-0.2, -0.15) is 0 Å². The van der Waals surface area contributed by atoms with Crippen molar-refractivity contribution >= 4 is 23.4 Å². The van der Waals surface area contributed by atoms with Crippen molar-refractivity contribution in [3.05, 3.63) is 30.1 Å². The maximum absolute atomic E-state index is 12.3. The minimum Gasteiger partial charge on any atom is -0.495 e. The number of nitrogens with one attached hydrogen (secondary N) is 1. The number of aryl methyl sites for hydroxylation is 1. The number of rotatable bonds is 5. The lowest BCUT2D eigenvalue weighted by atomic mass is 10.3. The first-order chi connectivity index (χ1) is 10.0. The van der Waals surface area contributed by atoms with E-state index in [0.29, 0.717) is 11.4 Å². The summed E-state index contributed by atoms with van der Waals surface area (Å²) in [6.07, 6.45) is 0. The van der Waals surface area contributed by atoms with E-state index >= 15 is 0 Å². The molecule has 0 saturated carbocycles. The van der Waals surface area contributed by atoms with Crippen molar-refractivity contribution in [1.82, 2.24) is 14.8 Å². The number of aromatic nitrogens is 3. The third-order valence-corrected chi connectivity index (χ3v) is 4.20. The summed E-state index contributed by atoms with van der Waals surface area (Å²) in [4.78, 5) is 12.3. The van der Waals surface area contributed by atoms with Crippen molar-refractivity contribution in [2.24, 2.45) is 7.05 Å². The van der Waals surface area contributed by atoms with Gasteiger partial charge in [0.05, 0.1) is 18.0 Å². The predicted octanol–water partition coefficient (Wildman–Crippen LogP) is 2.25. The highest BCUT2D eigenvalue weighted by Crippen LogP contribution is 2.26. The van der Waals surface area contributed by atoms with Gasteiger partial charge in [0.2, 0.25) is 5.91 Å². The Morgan fingerprint density at radius 2 is 2.10 bits per heavy atom. The third kappa shape index (κ3) is 3.55. The fraction of sp³-hybridized carbons (Fsp3) is 0.357. The lowest BCUT2D eigenvalue weighted by molar-refractivity contribution is -0.115. The number of para-hydroxylation sites is 2. The van der Waals surface area contributed by atoms with Gasteiger partial charge in [-0.25, -0.2) is 0 Å². The number of nitrogens with zero attached hydrogens (tertiary/aromatic N) is 3. The van der Waals surface area contributed by atoms with Crippen LogP contribution < -0.4 is 10.1 Å². The van der Waals surface area contributed by atoms with E-state index in [1.54, 1.807) is 19.2 Å². The second-order valence-corrected chi connectivity index (χ2v) is 5.85. The molecule has 0 unspecified atom stereocenters. The van der Waals surface area contributed by atoms with Crippen LogP contribution >= 0.6 is 11.8 Å². The standard InChI is InChI=1S/C14H18N4O2S/c1-9(21-14-17-16-10(2)18(14)3)13(19)15-11-7-5-6-8-12(11)20-4/h5-9H,1-4H3,(H,15,19)/t9-/m1/s1. The number of thioether (sulfide) groups is 1. The second kappa shape index (κ2) is 6.62. The molecule has 1 aromatic heterocycles. The van der Waals surface area contributed by atoms with Crippen LogP contribution in [0, 0.1) is 6.92 Å². The van der Waals surface area contributed by atoms with Crippen molar-refractivity contribution in [1.29, 1.82) is 0 Å². The van der Waals surface area contributed by atoms with Gasteiger partial charge >= 0.3 is 0 Å². The molecule has 21 heavy (non-hydrogen) atoms. The maximum atomic E-state index is 12.3. The number of methoxy groups -OCH3 is 1. The summed E-state index contributed by atoms with van der Waals surface area (Å²) >= 11 is 1.37. The predicted molar refractivity (Wildman–Crippen MR) is 82.7 cm³/mol. The summed E-state index contributed by atoms with van der Waals surface area (Å²) in [5.74, 6) is 1.34. The Morgan fingerprint density at radius 1 is 1.38 bits per heavy atom. The molecule has 1 heterocycles. The van der Waals surface area contributed by atoms with Crippen LogP contribution in [0.25, 0.3) is 0 Å². The van der Waals surface area contributed by atoms with Crippen molar-refractivity contribution < 1.29 is 9.53 Å². The van der Waals surface area contributed by atoms with Crippen LogP contribution in [-0.4, -0.2) is 33.0 Å². The van der Waals surface area contributed by atoms with E-state index in [2.05, 4.69) is 15.5 Å². The summed E-state index contributed by atoms with van der Waals surface area (Å²) in [6.45, 7) is 3.70. The minimum atomic E-state index is -0.294. The quantitative estimate of drug-likeness (QED) is 0.858. The molecule has 0 radical (unpaired) electrons. The molecule has 2 rings (SSSR count). The first-order valence-corrected chi connectivity index (χ1v) is 7.37. The number of anilines is 1. The Bertz CT molecular complexity index is 642. The smallest absolute Gasteiger partial charge is 0.237 e. The zero-order valence-electron chi connectivity index (χ0n) is 12.5. The lowest BCUT2D eigenvalue weighted by Gasteiger charge is -2.13. The SMILES string of the molecule is COc1ccccc1NC(=O)[C@@H](C)Sc1nnc(C)n1C. The molecule has 1 N–H and O–H groups in total. The van der Waals surface area contributed by atoms with Crippen LogP contribution in [0.15, 0.2) is 29.4 Å². The molecule has 1 amide bonds. The Balaban J connectivity index is 2.04. The molecule has 7 heteroatoms. The summed E-state index contributed by atoms with van der Waals surface area (Å²) in [5, 5.41) is 11.3. The zero-order valence-corrected chi connectivity index (χ0v) is 13.3. The normalized spacial score (nSPS) is 12.0. The van der Waals surface area contributed by atoms with E-state index in [1.807, 2.05) is 37.6 Å². The number of hydrogen-bond donors (Lipinski definition) is 1. The first kappa shape index (κ1) is 15.4. The Labute approximate surface area is 127 Å². The van der Waals surface area contributed by atoms with Crippen molar-refractivity contribution in [2.45, 2.75) is 24.3 Å². The summed E-state index contributed by atoms with van der Waals surface area (Å²) < 4.78 is 7.08. The molecule has 0 fully saturated rings. The fourth-order valence-electron chi connectivity index (χ4n) is 1.68. The van der Waals surface area contributed by atoms with Crippen molar-refractivity contribution in [3.8, 4) is 5.75 Å². The molecule has 0 aliphatic heterocycles. The van der Waals surface area contributed by atoms with E-state index in [9.17, 15) is 4.79 Å². The summed E-state index contributed by atoms with van der Waals surface area (Å²) in [6, 6.07) is 7.32. The average molecular weight is 306 g/mol. The van der Waals surface area contributed by atoms with Gasteiger partial charge in [0.1, 0.15) is 11.6 Å². The van der Waals surface area contributed by atoms with Crippen LogP contribution in [0.4, 0.5) is 5.69 Å². The number of carbonyl (C=O) groups is 1. The number of ether oxygens (including phenoxy) is 1. The molecule has 0 aliphatic rings. The third-order valence-electron chi connectivity index (χ3n) is 3.07. The summed E-state index contributed by atoms with van der Waals surface area (Å²) in [5.41, 5.74) is 0.659. The van der Waals surface area contributed by atoms with E-state index in [1.165, 1.54) is 11.8 Å². The topological polar surface area (TPSA) is 69.0 Å². The second-order valence-electron chi connectivity index (χ2n) is 4.54. The van der Waals surface area contributed by atoms with Gasteiger partial charge in [-0.05, 0) is 26.0 Å². The molecule has 6 nitrogen and oxygen atoms in total. The van der Waals surface area contributed by atoms with E-state index in [-0.39, 0.29) is 11.2 Å². The largest absolute Gasteiger partial charge is 0.495 e. The fourth-order valence-corrected chi connectivity index (χ4v) is 2.54. The molecule has 0 bridgehead atoms. The lowest BCUT2D eigenvalue weighted by Crippen LogP contribution is -2.23. The highest BCUT2D eigenvalue weighted by Gasteiger charge is 2.19.